The van der Waals surface area contributed by atoms with Crippen LogP contribution in [0.25, 0.3) is 0 Å². The maximum absolute atomic E-state index is 13.1. The van der Waals surface area contributed by atoms with Crippen LogP contribution < -0.4 is 15.4 Å². The predicted octanol–water partition coefficient (Wildman–Crippen LogP) is 4.55. The second-order valence-corrected chi connectivity index (χ2v) is 7.19. The minimum atomic E-state index is -0.343. The van der Waals surface area contributed by atoms with Crippen LogP contribution in [0.3, 0.4) is 0 Å². The van der Waals surface area contributed by atoms with Crippen LogP contribution in [0.1, 0.15) is 39.1 Å². The van der Waals surface area contributed by atoms with Gasteiger partial charge in [0.1, 0.15) is 18.2 Å². The Kier molecular flexibility index (Phi) is 5.75. The number of hydrogen-bond acceptors (Lipinski definition) is 3. The number of rotatable bonds is 7. The number of ether oxygens (including phenoxy) is 1. The van der Waals surface area contributed by atoms with Gasteiger partial charge >= 0.3 is 0 Å². The first-order valence-corrected chi connectivity index (χ1v) is 9.77. The molecule has 2 amide bonds. The fraction of sp³-hybridized carbons (Fsp3) is 0.167. The Morgan fingerprint density at radius 1 is 0.933 bits per heavy atom. The molecule has 0 heterocycles. The maximum atomic E-state index is 13.1. The van der Waals surface area contributed by atoms with Gasteiger partial charge in [-0.1, -0.05) is 30.3 Å². The molecule has 0 saturated heterocycles. The van der Waals surface area contributed by atoms with Crippen molar-refractivity contribution in [1.29, 1.82) is 0 Å². The number of amides is 2. The number of anilines is 1. The smallest absolute Gasteiger partial charge is 0.259 e. The van der Waals surface area contributed by atoms with Crippen molar-refractivity contribution in [2.45, 2.75) is 25.5 Å². The summed E-state index contributed by atoms with van der Waals surface area (Å²) in [5.41, 5.74) is 2.19. The molecule has 3 aromatic rings. The highest BCUT2D eigenvalue weighted by Gasteiger charge is 2.24. The molecule has 0 unspecified atom stereocenters. The van der Waals surface area contributed by atoms with Crippen LogP contribution in [0.2, 0.25) is 0 Å². The van der Waals surface area contributed by atoms with E-state index in [9.17, 15) is 14.0 Å². The standard InChI is InChI=1S/C24H21FN2O3/c25-18-10-8-16(9-11-18)15-30-22-7-2-1-6-21(22)24(29)27-20-5-3-4-17(14-20)23(28)26-19-12-13-19/h1-11,14,19H,12-13,15H2,(H,26,28)(H,27,29). The number of hydrogen-bond donors (Lipinski definition) is 2. The molecule has 1 aliphatic carbocycles. The van der Waals surface area contributed by atoms with Gasteiger partial charge < -0.3 is 15.4 Å². The number of para-hydroxylation sites is 1. The fourth-order valence-electron chi connectivity index (χ4n) is 2.95. The third-order valence-electron chi connectivity index (χ3n) is 4.73. The lowest BCUT2D eigenvalue weighted by Gasteiger charge is -2.12. The molecule has 3 aromatic carbocycles. The normalized spacial score (nSPS) is 12.8. The Labute approximate surface area is 173 Å². The average molecular weight is 404 g/mol. The van der Waals surface area contributed by atoms with Gasteiger partial charge in [0.05, 0.1) is 5.56 Å². The Balaban J connectivity index is 1.44. The van der Waals surface area contributed by atoms with Crippen LogP contribution in [-0.2, 0) is 6.61 Å². The molecule has 4 rings (SSSR count). The fourth-order valence-corrected chi connectivity index (χ4v) is 2.95. The van der Waals surface area contributed by atoms with Crippen molar-refractivity contribution < 1.29 is 18.7 Å². The van der Waals surface area contributed by atoms with Crippen molar-refractivity contribution in [3.05, 3.63) is 95.3 Å². The average Bonchev–Trinajstić information content (AvgIpc) is 3.58. The minimum Gasteiger partial charge on any atom is -0.488 e. The molecule has 1 fully saturated rings. The van der Waals surface area contributed by atoms with Crippen LogP contribution in [-0.4, -0.2) is 17.9 Å². The van der Waals surface area contributed by atoms with Gasteiger partial charge in [-0.2, -0.15) is 0 Å². The Bertz CT molecular complexity index is 1060. The number of carbonyl (C=O) groups is 2. The number of carbonyl (C=O) groups excluding carboxylic acids is 2. The van der Waals surface area contributed by atoms with E-state index in [0.717, 1.165) is 18.4 Å². The first-order chi connectivity index (χ1) is 14.6. The molecule has 0 bridgehead atoms. The molecule has 0 spiro atoms. The zero-order chi connectivity index (χ0) is 20.9. The highest BCUT2D eigenvalue weighted by Crippen LogP contribution is 2.22. The van der Waals surface area contributed by atoms with Crippen molar-refractivity contribution in [1.82, 2.24) is 5.32 Å². The molecule has 0 aromatic heterocycles. The molecule has 0 aliphatic heterocycles. The highest BCUT2D eigenvalue weighted by molar-refractivity contribution is 6.06. The van der Waals surface area contributed by atoms with Gasteiger partial charge in [-0.15, -0.1) is 0 Å². The van der Waals surface area contributed by atoms with E-state index in [1.54, 1.807) is 60.7 Å². The molecule has 5 nitrogen and oxygen atoms in total. The zero-order valence-corrected chi connectivity index (χ0v) is 16.2. The van der Waals surface area contributed by atoms with Gasteiger partial charge in [-0.05, 0) is 60.9 Å². The van der Waals surface area contributed by atoms with Crippen LogP contribution in [0.15, 0.2) is 72.8 Å². The Morgan fingerprint density at radius 2 is 1.70 bits per heavy atom. The highest BCUT2D eigenvalue weighted by atomic mass is 19.1. The van der Waals surface area contributed by atoms with Crippen molar-refractivity contribution in [2.24, 2.45) is 0 Å². The summed E-state index contributed by atoms with van der Waals surface area (Å²) in [6.07, 6.45) is 2.02. The van der Waals surface area contributed by atoms with Crippen molar-refractivity contribution in [3.8, 4) is 5.75 Å². The number of halogens is 1. The lowest BCUT2D eigenvalue weighted by molar-refractivity contribution is 0.0949. The first-order valence-electron chi connectivity index (χ1n) is 9.77. The quantitative estimate of drug-likeness (QED) is 0.607. The largest absolute Gasteiger partial charge is 0.488 e. The summed E-state index contributed by atoms with van der Waals surface area (Å²) in [4.78, 5) is 25.0. The van der Waals surface area contributed by atoms with E-state index in [1.165, 1.54) is 12.1 Å². The molecule has 1 aliphatic rings. The molecule has 152 valence electrons. The van der Waals surface area contributed by atoms with Crippen LogP contribution in [0.5, 0.6) is 5.75 Å². The van der Waals surface area contributed by atoms with Crippen molar-refractivity contribution in [3.63, 3.8) is 0 Å². The Morgan fingerprint density at radius 3 is 2.47 bits per heavy atom. The summed E-state index contributed by atoms with van der Waals surface area (Å²) < 4.78 is 18.8. The number of benzene rings is 3. The molecule has 1 saturated carbocycles. The third kappa shape index (κ3) is 5.03. The van der Waals surface area contributed by atoms with E-state index < -0.39 is 0 Å². The summed E-state index contributed by atoms with van der Waals surface area (Å²) in [6, 6.07) is 20.0. The van der Waals surface area contributed by atoms with E-state index in [-0.39, 0.29) is 30.3 Å². The second kappa shape index (κ2) is 8.78. The monoisotopic (exact) mass is 404 g/mol. The molecule has 2 N–H and O–H groups in total. The first kappa shape index (κ1) is 19.6. The lowest BCUT2D eigenvalue weighted by atomic mass is 10.1. The van der Waals surface area contributed by atoms with Gasteiger partial charge in [0.15, 0.2) is 0 Å². The third-order valence-corrected chi connectivity index (χ3v) is 4.73. The summed E-state index contributed by atoms with van der Waals surface area (Å²) in [7, 11) is 0. The van der Waals surface area contributed by atoms with Crippen molar-refractivity contribution in [2.75, 3.05) is 5.32 Å². The van der Waals surface area contributed by atoms with E-state index in [0.29, 0.717) is 22.6 Å². The minimum absolute atomic E-state index is 0.142. The molecule has 0 atom stereocenters. The number of nitrogens with one attached hydrogen (secondary N) is 2. The molecule has 6 heteroatoms. The molecular formula is C24H21FN2O3. The van der Waals surface area contributed by atoms with Gasteiger partial charge in [0, 0.05) is 17.3 Å². The molecule has 30 heavy (non-hydrogen) atoms. The Hall–Kier alpha value is -3.67. The van der Waals surface area contributed by atoms with Crippen LogP contribution in [0, 0.1) is 5.82 Å². The van der Waals surface area contributed by atoms with Crippen LogP contribution in [0.4, 0.5) is 10.1 Å². The van der Waals surface area contributed by atoms with Gasteiger partial charge in [-0.3, -0.25) is 9.59 Å². The summed E-state index contributed by atoms with van der Waals surface area (Å²) in [5, 5.41) is 5.75. The van der Waals surface area contributed by atoms with Gasteiger partial charge in [-0.25, -0.2) is 4.39 Å². The van der Waals surface area contributed by atoms with Crippen LogP contribution >= 0.6 is 0 Å². The molecule has 0 radical (unpaired) electrons. The SMILES string of the molecule is O=C(NC1CC1)c1cccc(NC(=O)c2ccccc2OCc2ccc(F)cc2)c1. The lowest BCUT2D eigenvalue weighted by Crippen LogP contribution is -2.25. The summed E-state index contributed by atoms with van der Waals surface area (Å²) >= 11 is 0. The van der Waals surface area contributed by atoms with E-state index in [4.69, 9.17) is 4.74 Å². The van der Waals surface area contributed by atoms with Gasteiger partial charge in [0.2, 0.25) is 0 Å². The topological polar surface area (TPSA) is 67.4 Å². The summed E-state index contributed by atoms with van der Waals surface area (Å²) in [5.74, 6) is -0.380. The second-order valence-electron chi connectivity index (χ2n) is 7.19. The van der Waals surface area contributed by atoms with Crippen molar-refractivity contribution >= 4 is 17.5 Å². The van der Waals surface area contributed by atoms with E-state index in [1.807, 2.05) is 0 Å². The zero-order valence-electron chi connectivity index (χ0n) is 16.2. The van der Waals surface area contributed by atoms with E-state index >= 15 is 0 Å². The predicted molar refractivity (Wildman–Crippen MR) is 112 cm³/mol. The van der Waals surface area contributed by atoms with Gasteiger partial charge in [0.25, 0.3) is 11.8 Å². The molecular weight excluding hydrogens is 383 g/mol. The summed E-state index contributed by atoms with van der Waals surface area (Å²) in [6.45, 7) is 0.210. The maximum Gasteiger partial charge on any atom is 0.259 e. The van der Waals surface area contributed by atoms with E-state index in [2.05, 4.69) is 10.6 Å².